The highest BCUT2D eigenvalue weighted by atomic mass is 35.5. The Morgan fingerprint density at radius 1 is 1.30 bits per heavy atom. The molecule has 1 N–H and O–H groups in total. The molecule has 1 aliphatic carbocycles. The maximum absolute atomic E-state index is 12.8. The number of aromatic amines is 1. The Morgan fingerprint density at radius 2 is 2.04 bits per heavy atom. The van der Waals surface area contributed by atoms with Gasteiger partial charge in [-0.15, -0.1) is 0 Å². The summed E-state index contributed by atoms with van der Waals surface area (Å²) in [6.07, 6.45) is 4.08. The predicted molar refractivity (Wildman–Crippen MR) is 106 cm³/mol. The van der Waals surface area contributed by atoms with E-state index in [4.69, 9.17) is 21.3 Å². The molecular formula is C21H25ClN2O3. The summed E-state index contributed by atoms with van der Waals surface area (Å²) in [5, 5.41) is 0.636. The maximum atomic E-state index is 12.8. The van der Waals surface area contributed by atoms with Gasteiger partial charge in [-0.05, 0) is 50.5 Å². The minimum atomic E-state index is -0.274. The van der Waals surface area contributed by atoms with Gasteiger partial charge in [-0.25, -0.2) is 4.98 Å². The number of halogens is 1. The number of hydrogen-bond acceptors (Lipinski definition) is 4. The standard InChI is InChI=1S/C21H25ClN2O3/c1-3-5-6-14-11-15(21(26)27-4-2)12-17-18(14)23-19(24-20(17)25)13-7-9-16(22)10-8-13/h7-10,14-15H,3-6,11-12H2,1-2H3,(H,23,24,25)/t14-,15-/m0/s1. The molecule has 0 fully saturated rings. The van der Waals surface area contributed by atoms with E-state index in [1.807, 2.05) is 12.1 Å². The van der Waals surface area contributed by atoms with E-state index < -0.39 is 0 Å². The van der Waals surface area contributed by atoms with Crippen molar-refractivity contribution in [3.05, 3.63) is 50.9 Å². The number of ether oxygens (including phenoxy) is 1. The van der Waals surface area contributed by atoms with Crippen molar-refractivity contribution in [2.24, 2.45) is 5.92 Å². The van der Waals surface area contributed by atoms with Crippen molar-refractivity contribution in [3.63, 3.8) is 0 Å². The first-order valence-electron chi connectivity index (χ1n) is 9.59. The van der Waals surface area contributed by atoms with Gasteiger partial charge in [-0.3, -0.25) is 9.59 Å². The summed E-state index contributed by atoms with van der Waals surface area (Å²) < 4.78 is 5.21. The van der Waals surface area contributed by atoms with Crippen LogP contribution >= 0.6 is 11.6 Å². The van der Waals surface area contributed by atoms with Gasteiger partial charge in [0.05, 0.1) is 18.2 Å². The van der Waals surface area contributed by atoms with E-state index in [0.29, 0.717) is 35.9 Å². The number of H-pyrrole nitrogens is 1. The molecule has 5 nitrogen and oxygen atoms in total. The van der Waals surface area contributed by atoms with Crippen LogP contribution in [0, 0.1) is 5.92 Å². The van der Waals surface area contributed by atoms with E-state index in [0.717, 1.165) is 30.5 Å². The van der Waals surface area contributed by atoms with Gasteiger partial charge in [0.2, 0.25) is 0 Å². The summed E-state index contributed by atoms with van der Waals surface area (Å²) in [7, 11) is 0. The van der Waals surface area contributed by atoms with Crippen LogP contribution in [0.1, 0.15) is 56.7 Å². The molecule has 0 aliphatic heterocycles. The molecule has 2 atom stereocenters. The van der Waals surface area contributed by atoms with Gasteiger partial charge in [0.25, 0.3) is 5.56 Å². The quantitative estimate of drug-likeness (QED) is 0.740. The van der Waals surface area contributed by atoms with Crippen molar-refractivity contribution in [3.8, 4) is 11.4 Å². The zero-order valence-electron chi connectivity index (χ0n) is 15.8. The molecule has 27 heavy (non-hydrogen) atoms. The lowest BCUT2D eigenvalue weighted by molar-refractivity contribution is -0.148. The number of carbonyl (C=O) groups is 1. The Morgan fingerprint density at radius 3 is 2.70 bits per heavy atom. The topological polar surface area (TPSA) is 72.0 Å². The van der Waals surface area contributed by atoms with Gasteiger partial charge >= 0.3 is 5.97 Å². The van der Waals surface area contributed by atoms with E-state index >= 15 is 0 Å². The summed E-state index contributed by atoms with van der Waals surface area (Å²) in [4.78, 5) is 32.8. The molecule has 1 heterocycles. The monoisotopic (exact) mass is 388 g/mol. The van der Waals surface area contributed by atoms with Crippen LogP contribution in [0.25, 0.3) is 11.4 Å². The third-order valence-corrected chi connectivity index (χ3v) is 5.35. The molecule has 0 radical (unpaired) electrons. The van der Waals surface area contributed by atoms with Crippen molar-refractivity contribution in [2.75, 3.05) is 6.61 Å². The van der Waals surface area contributed by atoms with Crippen molar-refractivity contribution in [1.82, 2.24) is 9.97 Å². The molecule has 3 rings (SSSR count). The van der Waals surface area contributed by atoms with E-state index in [2.05, 4.69) is 11.9 Å². The minimum Gasteiger partial charge on any atom is -0.466 e. The Labute approximate surface area is 164 Å². The number of nitrogens with one attached hydrogen (secondary N) is 1. The molecule has 144 valence electrons. The summed E-state index contributed by atoms with van der Waals surface area (Å²) in [6, 6.07) is 7.25. The fraction of sp³-hybridized carbons (Fsp3) is 0.476. The van der Waals surface area contributed by atoms with Gasteiger partial charge < -0.3 is 9.72 Å². The van der Waals surface area contributed by atoms with Crippen molar-refractivity contribution in [2.45, 2.75) is 51.9 Å². The molecule has 0 amide bonds. The lowest BCUT2D eigenvalue weighted by Crippen LogP contribution is -2.33. The summed E-state index contributed by atoms with van der Waals surface area (Å²) in [6.45, 7) is 4.29. The number of aromatic nitrogens is 2. The van der Waals surface area contributed by atoms with Crippen molar-refractivity contribution >= 4 is 17.6 Å². The van der Waals surface area contributed by atoms with Gasteiger partial charge in [-0.1, -0.05) is 31.4 Å². The lowest BCUT2D eigenvalue weighted by Gasteiger charge is -2.29. The summed E-state index contributed by atoms with van der Waals surface area (Å²) in [5.41, 5.74) is 2.11. The minimum absolute atomic E-state index is 0.0939. The number of benzene rings is 1. The van der Waals surface area contributed by atoms with E-state index in [1.54, 1.807) is 19.1 Å². The highest BCUT2D eigenvalue weighted by Crippen LogP contribution is 2.37. The van der Waals surface area contributed by atoms with Gasteiger partial charge in [0.15, 0.2) is 0 Å². The van der Waals surface area contributed by atoms with Crippen LogP contribution in [-0.2, 0) is 16.0 Å². The van der Waals surface area contributed by atoms with Crippen LogP contribution in [0.4, 0.5) is 0 Å². The average molecular weight is 389 g/mol. The second-order valence-corrected chi connectivity index (χ2v) is 7.45. The molecule has 1 aromatic carbocycles. The third-order valence-electron chi connectivity index (χ3n) is 5.10. The molecule has 2 aromatic rings. The first-order valence-corrected chi connectivity index (χ1v) is 9.96. The number of rotatable bonds is 6. The number of fused-ring (bicyclic) bond motifs is 1. The predicted octanol–water partition coefficient (Wildman–Crippen LogP) is 4.49. The van der Waals surface area contributed by atoms with Gasteiger partial charge in [0.1, 0.15) is 5.82 Å². The second-order valence-electron chi connectivity index (χ2n) is 7.01. The lowest BCUT2D eigenvalue weighted by atomic mass is 9.77. The fourth-order valence-electron chi connectivity index (χ4n) is 3.72. The molecule has 0 bridgehead atoms. The first-order chi connectivity index (χ1) is 13.0. The number of esters is 1. The van der Waals surface area contributed by atoms with Crippen LogP contribution in [0.15, 0.2) is 29.1 Å². The zero-order chi connectivity index (χ0) is 19.4. The van der Waals surface area contributed by atoms with Crippen LogP contribution in [-0.4, -0.2) is 22.5 Å². The number of nitrogens with zero attached hydrogens (tertiary/aromatic N) is 1. The number of hydrogen-bond donors (Lipinski definition) is 1. The van der Waals surface area contributed by atoms with Gasteiger partial charge in [0, 0.05) is 22.1 Å². The Balaban J connectivity index is 2.00. The summed E-state index contributed by atoms with van der Waals surface area (Å²) >= 11 is 5.96. The molecule has 1 aliphatic rings. The molecular weight excluding hydrogens is 364 g/mol. The largest absolute Gasteiger partial charge is 0.466 e. The summed E-state index contributed by atoms with van der Waals surface area (Å²) in [5.74, 6) is 0.150. The van der Waals surface area contributed by atoms with Crippen LogP contribution in [0.2, 0.25) is 5.02 Å². The van der Waals surface area contributed by atoms with E-state index in [1.165, 1.54) is 0 Å². The first kappa shape index (κ1) is 19.6. The molecule has 0 saturated carbocycles. The Hall–Kier alpha value is -2.14. The number of carbonyl (C=O) groups excluding carboxylic acids is 1. The third kappa shape index (κ3) is 4.41. The SMILES string of the molecule is CCCC[C@H]1C[C@H](C(=O)OCC)Cc2c1nc(-c1ccc(Cl)cc1)[nH]c2=O. The van der Waals surface area contributed by atoms with Crippen molar-refractivity contribution < 1.29 is 9.53 Å². The van der Waals surface area contributed by atoms with E-state index in [9.17, 15) is 9.59 Å². The maximum Gasteiger partial charge on any atom is 0.309 e. The van der Waals surface area contributed by atoms with E-state index in [-0.39, 0.29) is 23.4 Å². The normalized spacial score (nSPS) is 18.8. The average Bonchev–Trinajstić information content (AvgIpc) is 2.67. The van der Waals surface area contributed by atoms with Crippen molar-refractivity contribution in [1.29, 1.82) is 0 Å². The molecule has 0 saturated heterocycles. The highest BCUT2D eigenvalue weighted by Gasteiger charge is 2.34. The smallest absolute Gasteiger partial charge is 0.309 e. The molecule has 1 aromatic heterocycles. The van der Waals surface area contributed by atoms with Crippen LogP contribution in [0.5, 0.6) is 0 Å². The Kier molecular flexibility index (Phi) is 6.32. The highest BCUT2D eigenvalue weighted by molar-refractivity contribution is 6.30. The zero-order valence-corrected chi connectivity index (χ0v) is 16.5. The van der Waals surface area contributed by atoms with Crippen LogP contribution in [0.3, 0.4) is 0 Å². The Bertz CT molecular complexity index is 861. The molecule has 0 spiro atoms. The molecule has 6 heteroatoms. The number of unbranched alkanes of at least 4 members (excludes halogenated alkanes) is 1. The van der Waals surface area contributed by atoms with Crippen LogP contribution < -0.4 is 5.56 Å². The van der Waals surface area contributed by atoms with Gasteiger partial charge in [-0.2, -0.15) is 0 Å². The second kappa shape index (κ2) is 8.70. The molecule has 0 unspecified atom stereocenters. The fourth-order valence-corrected chi connectivity index (χ4v) is 3.85.